The van der Waals surface area contributed by atoms with Crippen LogP contribution in [0.2, 0.25) is 0 Å². The number of carbonyl (C=O) groups excluding carboxylic acids is 1. The number of ether oxygens (including phenoxy) is 1. The molecular weight excluding hydrogens is 136 g/mol. The summed E-state index contributed by atoms with van der Waals surface area (Å²) in [7, 11) is 0. The molecule has 2 nitrogen and oxygen atoms in total. The van der Waals surface area contributed by atoms with Crippen LogP contribution in [0.15, 0.2) is 0 Å². The van der Waals surface area contributed by atoms with Crippen LogP contribution in [0.5, 0.6) is 0 Å². The quantitative estimate of drug-likeness (QED) is 0.557. The highest BCUT2D eigenvalue weighted by Crippen LogP contribution is 1.90. The Morgan fingerprint density at radius 3 is 2.11 bits per heavy atom. The van der Waals surface area contributed by atoms with Gasteiger partial charge >= 0.3 is 5.97 Å². The Balaban J connectivity index is 0. The normalized spacial score (nSPS) is 8.44. The van der Waals surface area contributed by atoms with Crippen LogP contribution in [0.1, 0.15) is 27.2 Å². The van der Waals surface area contributed by atoms with E-state index in [9.17, 15) is 4.79 Å². The molecule has 56 valence electrons. The van der Waals surface area contributed by atoms with Crippen molar-refractivity contribution in [1.29, 1.82) is 0 Å². The summed E-state index contributed by atoms with van der Waals surface area (Å²) in [5.41, 5.74) is 0. The summed E-state index contributed by atoms with van der Waals surface area (Å²) >= 11 is 0. The van der Waals surface area contributed by atoms with Gasteiger partial charge in [0.15, 0.2) is 0 Å². The second-order valence-corrected chi connectivity index (χ2v) is 1.89. The molecule has 3 heteroatoms. The Morgan fingerprint density at radius 2 is 2.00 bits per heavy atom. The predicted molar refractivity (Wildman–Crippen MR) is 41.9 cm³/mol. The third kappa shape index (κ3) is 7.82. The monoisotopic (exact) mass is 150 g/mol. The highest BCUT2D eigenvalue weighted by Gasteiger charge is 1.98. The van der Waals surface area contributed by atoms with Crippen LogP contribution in [-0.4, -0.2) is 12.1 Å². The fraction of sp³-hybridized carbons (Fsp3) is 0.833. The van der Waals surface area contributed by atoms with Gasteiger partial charge < -0.3 is 4.74 Å². The Labute approximate surface area is 63.0 Å². The lowest BCUT2D eigenvalue weighted by Gasteiger charge is -2.04. The predicted octanol–water partition coefficient (Wildman–Crippen LogP) is 1.46. The van der Waals surface area contributed by atoms with Crippen molar-refractivity contribution in [2.45, 2.75) is 33.3 Å². The van der Waals surface area contributed by atoms with Gasteiger partial charge in [0.25, 0.3) is 0 Å². The molecule has 0 rings (SSSR count). The largest absolute Gasteiger partial charge is 0.463 e. The summed E-state index contributed by atoms with van der Waals surface area (Å²) in [6, 6.07) is 0. The van der Waals surface area contributed by atoms with Crippen LogP contribution in [0.25, 0.3) is 0 Å². The van der Waals surface area contributed by atoms with Crippen LogP contribution in [-0.2, 0) is 9.53 Å². The van der Waals surface area contributed by atoms with E-state index in [0.717, 1.165) is 0 Å². The summed E-state index contributed by atoms with van der Waals surface area (Å²) in [4.78, 5) is 10.4. The molecule has 0 fully saturated rings. The molecule has 0 radical (unpaired) electrons. The maximum Gasteiger partial charge on any atom is 0.305 e. The first-order valence-electron chi connectivity index (χ1n) is 2.86. The Kier molecular flexibility index (Phi) is 7.66. The zero-order valence-electron chi connectivity index (χ0n) is 6.10. The van der Waals surface area contributed by atoms with Crippen molar-refractivity contribution >= 4 is 19.5 Å². The van der Waals surface area contributed by atoms with E-state index in [1.807, 2.05) is 13.8 Å². The van der Waals surface area contributed by atoms with E-state index in [-0.39, 0.29) is 25.6 Å². The minimum Gasteiger partial charge on any atom is -0.463 e. The first-order valence-corrected chi connectivity index (χ1v) is 2.86. The second kappa shape index (κ2) is 5.95. The van der Waals surface area contributed by atoms with E-state index in [1.54, 1.807) is 6.92 Å². The molecule has 0 aliphatic heterocycles. The minimum absolute atomic E-state index is 0. The lowest BCUT2D eigenvalue weighted by atomic mass is 10.4. The smallest absolute Gasteiger partial charge is 0.305 e. The first kappa shape index (κ1) is 11.6. The van der Waals surface area contributed by atoms with Gasteiger partial charge in [0.05, 0.1) is 6.10 Å². The lowest BCUT2D eigenvalue weighted by molar-refractivity contribution is -0.146. The van der Waals surface area contributed by atoms with Crippen molar-refractivity contribution in [2.75, 3.05) is 0 Å². The van der Waals surface area contributed by atoms with Gasteiger partial charge in [0.2, 0.25) is 0 Å². The molecule has 0 atom stereocenters. The zero-order chi connectivity index (χ0) is 6.57. The summed E-state index contributed by atoms with van der Waals surface area (Å²) in [5, 5.41) is 0. The molecule has 0 aromatic rings. The van der Waals surface area contributed by atoms with Crippen LogP contribution in [0, 0.1) is 0 Å². The van der Waals surface area contributed by atoms with E-state index in [4.69, 9.17) is 4.74 Å². The molecular formula is C6H14O2S. The fourth-order valence-electron chi connectivity index (χ4n) is 0.346. The maximum absolute atomic E-state index is 10.4. The van der Waals surface area contributed by atoms with E-state index >= 15 is 0 Å². The molecule has 0 unspecified atom stereocenters. The number of hydrogen-bond acceptors (Lipinski definition) is 2. The molecule has 0 aromatic carbocycles. The van der Waals surface area contributed by atoms with Gasteiger partial charge in [-0.05, 0) is 13.8 Å². The molecule has 0 saturated carbocycles. The van der Waals surface area contributed by atoms with E-state index in [2.05, 4.69) is 0 Å². The third-order valence-electron chi connectivity index (χ3n) is 0.656. The van der Waals surface area contributed by atoms with Crippen molar-refractivity contribution in [2.24, 2.45) is 0 Å². The molecule has 0 heterocycles. The zero-order valence-corrected chi connectivity index (χ0v) is 7.10. The van der Waals surface area contributed by atoms with E-state index in [1.165, 1.54) is 0 Å². The molecule has 0 aromatic heterocycles. The molecule has 0 spiro atoms. The van der Waals surface area contributed by atoms with Crippen LogP contribution < -0.4 is 0 Å². The molecule has 0 saturated heterocycles. The highest BCUT2D eigenvalue weighted by atomic mass is 32.1. The molecule has 9 heavy (non-hydrogen) atoms. The molecule has 0 aliphatic carbocycles. The average Bonchev–Trinajstić information content (AvgIpc) is 1.65. The SMILES string of the molecule is CCC(=O)OC(C)C.S. The average molecular weight is 150 g/mol. The highest BCUT2D eigenvalue weighted by molar-refractivity contribution is 7.59. The second-order valence-electron chi connectivity index (χ2n) is 1.89. The van der Waals surface area contributed by atoms with E-state index < -0.39 is 0 Å². The molecule has 0 amide bonds. The molecule has 0 aliphatic rings. The van der Waals surface area contributed by atoms with Crippen LogP contribution in [0.3, 0.4) is 0 Å². The minimum atomic E-state index is -0.125. The van der Waals surface area contributed by atoms with Gasteiger partial charge in [-0.3, -0.25) is 4.79 Å². The van der Waals surface area contributed by atoms with Gasteiger partial charge in [-0.1, -0.05) is 6.92 Å². The number of hydrogen-bond donors (Lipinski definition) is 0. The first-order chi connectivity index (χ1) is 3.66. The summed E-state index contributed by atoms with van der Waals surface area (Å²) in [6.45, 7) is 5.46. The molecule has 0 bridgehead atoms. The van der Waals surface area contributed by atoms with Gasteiger partial charge in [-0.25, -0.2) is 0 Å². The fourth-order valence-corrected chi connectivity index (χ4v) is 0.346. The van der Waals surface area contributed by atoms with Crippen molar-refractivity contribution in [1.82, 2.24) is 0 Å². The van der Waals surface area contributed by atoms with Crippen LogP contribution >= 0.6 is 13.5 Å². The van der Waals surface area contributed by atoms with Crippen molar-refractivity contribution < 1.29 is 9.53 Å². The third-order valence-corrected chi connectivity index (χ3v) is 0.656. The Bertz CT molecular complexity index is 81.1. The van der Waals surface area contributed by atoms with Gasteiger partial charge in [-0.15, -0.1) is 0 Å². The number of esters is 1. The lowest BCUT2D eigenvalue weighted by Crippen LogP contribution is -2.09. The van der Waals surface area contributed by atoms with Crippen LogP contribution in [0.4, 0.5) is 0 Å². The van der Waals surface area contributed by atoms with Crippen molar-refractivity contribution in [3.63, 3.8) is 0 Å². The summed E-state index contributed by atoms with van der Waals surface area (Å²) in [6.07, 6.45) is 0.500. The van der Waals surface area contributed by atoms with Gasteiger partial charge in [0, 0.05) is 6.42 Å². The summed E-state index contributed by atoms with van der Waals surface area (Å²) < 4.78 is 4.76. The summed E-state index contributed by atoms with van der Waals surface area (Å²) in [5.74, 6) is -0.125. The van der Waals surface area contributed by atoms with Gasteiger partial charge in [0.1, 0.15) is 0 Å². The van der Waals surface area contributed by atoms with E-state index in [0.29, 0.717) is 6.42 Å². The number of rotatable bonds is 2. The standard InChI is InChI=1S/C6H12O2.H2S/c1-4-6(7)8-5(2)3;/h5H,4H2,1-3H3;1H2. The Hall–Kier alpha value is -0.180. The topological polar surface area (TPSA) is 26.3 Å². The van der Waals surface area contributed by atoms with Gasteiger partial charge in [-0.2, -0.15) is 13.5 Å². The van der Waals surface area contributed by atoms with Crippen molar-refractivity contribution in [3.05, 3.63) is 0 Å². The number of carbonyl (C=O) groups is 1. The Morgan fingerprint density at radius 1 is 1.56 bits per heavy atom. The molecule has 0 N–H and O–H groups in total. The van der Waals surface area contributed by atoms with Crippen molar-refractivity contribution in [3.8, 4) is 0 Å². The maximum atomic E-state index is 10.4.